The van der Waals surface area contributed by atoms with E-state index in [0.29, 0.717) is 22.8 Å². The van der Waals surface area contributed by atoms with Crippen molar-refractivity contribution in [2.24, 2.45) is 0 Å². The van der Waals surface area contributed by atoms with Crippen molar-refractivity contribution >= 4 is 40.9 Å². The molecule has 0 spiro atoms. The molecule has 2 amide bonds. The third-order valence-electron chi connectivity index (χ3n) is 4.16. The van der Waals surface area contributed by atoms with Crippen LogP contribution in [0, 0.1) is 0 Å². The van der Waals surface area contributed by atoms with Crippen molar-refractivity contribution in [3.8, 4) is 0 Å². The third-order valence-corrected chi connectivity index (χ3v) is 5.67. The monoisotopic (exact) mass is 404 g/mol. The van der Waals surface area contributed by atoms with Gasteiger partial charge in [-0.25, -0.2) is 0 Å². The van der Waals surface area contributed by atoms with E-state index in [9.17, 15) is 9.59 Å². The molecule has 0 bridgehead atoms. The van der Waals surface area contributed by atoms with Gasteiger partial charge in [0.15, 0.2) is 0 Å². The van der Waals surface area contributed by atoms with Crippen LogP contribution in [0.1, 0.15) is 23.2 Å². The molecule has 2 N–H and O–H groups in total. The van der Waals surface area contributed by atoms with Crippen LogP contribution in [0.2, 0.25) is 5.02 Å². The molecule has 2 aromatic carbocycles. The number of carbonyl (C=O) groups excluding carboxylic acids is 2. The number of anilines is 1. The normalized spacial score (nSPS) is 16.1. The second-order valence-corrected chi connectivity index (χ2v) is 7.58. The summed E-state index contributed by atoms with van der Waals surface area (Å²) in [4.78, 5) is 25.6. The average Bonchev–Trinajstić information content (AvgIpc) is 3.19. The van der Waals surface area contributed by atoms with Gasteiger partial charge in [0.1, 0.15) is 0 Å². The van der Waals surface area contributed by atoms with Gasteiger partial charge in [0, 0.05) is 18.0 Å². The molecule has 1 fully saturated rings. The van der Waals surface area contributed by atoms with Crippen LogP contribution in [0.15, 0.2) is 53.4 Å². The summed E-state index contributed by atoms with van der Waals surface area (Å²) in [5.41, 5.74) is 0.929. The van der Waals surface area contributed by atoms with E-state index in [4.69, 9.17) is 16.3 Å². The molecule has 142 valence electrons. The predicted octanol–water partition coefficient (Wildman–Crippen LogP) is 3.98. The molecule has 0 saturated carbocycles. The van der Waals surface area contributed by atoms with Gasteiger partial charge in [-0.1, -0.05) is 35.9 Å². The zero-order valence-electron chi connectivity index (χ0n) is 14.7. The summed E-state index contributed by atoms with van der Waals surface area (Å²) in [6.45, 7) is 1.22. The van der Waals surface area contributed by atoms with E-state index in [1.54, 1.807) is 30.3 Å². The molecule has 1 atom stereocenters. The second-order valence-electron chi connectivity index (χ2n) is 6.16. The van der Waals surface area contributed by atoms with Gasteiger partial charge in [0.05, 0.1) is 28.1 Å². The maximum Gasteiger partial charge on any atom is 0.253 e. The summed E-state index contributed by atoms with van der Waals surface area (Å²) in [5, 5.41) is 6.31. The topological polar surface area (TPSA) is 67.4 Å². The largest absolute Gasteiger partial charge is 0.376 e. The van der Waals surface area contributed by atoms with E-state index < -0.39 is 0 Å². The Morgan fingerprint density at radius 1 is 1.15 bits per heavy atom. The summed E-state index contributed by atoms with van der Waals surface area (Å²) >= 11 is 7.46. The van der Waals surface area contributed by atoms with Gasteiger partial charge >= 0.3 is 0 Å². The number of hydrogen-bond donors (Lipinski definition) is 2. The van der Waals surface area contributed by atoms with Crippen LogP contribution in [-0.2, 0) is 9.53 Å². The maximum atomic E-state index is 12.5. The molecule has 1 unspecified atom stereocenters. The Labute approximate surface area is 167 Å². The van der Waals surface area contributed by atoms with E-state index in [-0.39, 0.29) is 23.7 Å². The number of amides is 2. The van der Waals surface area contributed by atoms with Gasteiger partial charge in [-0.3, -0.25) is 9.59 Å². The summed E-state index contributed by atoms with van der Waals surface area (Å²) in [7, 11) is 0. The average molecular weight is 405 g/mol. The molecule has 1 heterocycles. The van der Waals surface area contributed by atoms with Gasteiger partial charge in [-0.2, -0.15) is 0 Å². The predicted molar refractivity (Wildman–Crippen MR) is 109 cm³/mol. The molecule has 1 saturated heterocycles. The van der Waals surface area contributed by atoms with Crippen molar-refractivity contribution in [1.29, 1.82) is 0 Å². The highest BCUT2D eigenvalue weighted by Crippen LogP contribution is 2.26. The van der Waals surface area contributed by atoms with Crippen molar-refractivity contribution in [2.75, 3.05) is 24.2 Å². The minimum Gasteiger partial charge on any atom is -0.376 e. The van der Waals surface area contributed by atoms with Crippen LogP contribution in [0.25, 0.3) is 0 Å². The van der Waals surface area contributed by atoms with Gasteiger partial charge in [0.25, 0.3) is 5.91 Å². The Morgan fingerprint density at radius 2 is 1.93 bits per heavy atom. The highest BCUT2D eigenvalue weighted by molar-refractivity contribution is 8.00. The SMILES string of the molecule is O=C(CSc1ccccc1Cl)Nc1ccccc1C(=O)NCC1CCCO1. The molecule has 3 rings (SSSR count). The van der Waals surface area contributed by atoms with Crippen molar-refractivity contribution in [3.63, 3.8) is 0 Å². The van der Waals surface area contributed by atoms with E-state index in [1.165, 1.54) is 11.8 Å². The van der Waals surface area contributed by atoms with Crippen molar-refractivity contribution < 1.29 is 14.3 Å². The van der Waals surface area contributed by atoms with Crippen LogP contribution in [0.5, 0.6) is 0 Å². The van der Waals surface area contributed by atoms with Gasteiger partial charge in [-0.15, -0.1) is 11.8 Å². The lowest BCUT2D eigenvalue weighted by Crippen LogP contribution is -2.32. The quantitative estimate of drug-likeness (QED) is 0.685. The molecule has 0 radical (unpaired) electrons. The summed E-state index contributed by atoms with van der Waals surface area (Å²) in [5.74, 6) is -0.213. The number of halogens is 1. The first-order valence-electron chi connectivity index (χ1n) is 8.79. The van der Waals surface area contributed by atoms with Crippen LogP contribution < -0.4 is 10.6 Å². The number of thioether (sulfide) groups is 1. The highest BCUT2D eigenvalue weighted by atomic mass is 35.5. The molecular formula is C20H21ClN2O3S. The number of nitrogens with one attached hydrogen (secondary N) is 2. The molecule has 0 aromatic heterocycles. The lowest BCUT2D eigenvalue weighted by Gasteiger charge is -2.14. The molecule has 1 aliphatic heterocycles. The smallest absolute Gasteiger partial charge is 0.253 e. The fraction of sp³-hybridized carbons (Fsp3) is 0.300. The standard InChI is InChI=1S/C20H21ClN2O3S/c21-16-8-2-4-10-18(16)27-13-19(24)23-17-9-3-1-7-15(17)20(25)22-12-14-6-5-11-26-14/h1-4,7-10,14H,5-6,11-13H2,(H,22,25)(H,23,24). The third kappa shape index (κ3) is 5.73. The van der Waals surface area contributed by atoms with Crippen molar-refractivity contribution in [1.82, 2.24) is 5.32 Å². The Bertz CT molecular complexity index is 809. The fourth-order valence-electron chi connectivity index (χ4n) is 2.79. The number of para-hydroxylation sites is 1. The minimum atomic E-state index is -0.222. The Morgan fingerprint density at radius 3 is 2.70 bits per heavy atom. The Hall–Kier alpha value is -2.02. The van der Waals surface area contributed by atoms with E-state index in [2.05, 4.69) is 10.6 Å². The molecule has 2 aromatic rings. The Balaban J connectivity index is 1.57. The summed E-state index contributed by atoms with van der Waals surface area (Å²) in [6, 6.07) is 14.4. The minimum absolute atomic E-state index is 0.0720. The van der Waals surface area contributed by atoms with Crippen LogP contribution in [-0.4, -0.2) is 36.8 Å². The van der Waals surface area contributed by atoms with Crippen LogP contribution in [0.3, 0.4) is 0 Å². The first-order valence-corrected chi connectivity index (χ1v) is 10.2. The number of benzene rings is 2. The zero-order chi connectivity index (χ0) is 19.1. The Kier molecular flexibility index (Phi) is 7.15. The molecule has 7 heteroatoms. The van der Waals surface area contributed by atoms with Gasteiger partial charge < -0.3 is 15.4 Å². The number of hydrogen-bond acceptors (Lipinski definition) is 4. The van der Waals surface area contributed by atoms with E-state index >= 15 is 0 Å². The summed E-state index contributed by atoms with van der Waals surface area (Å²) < 4.78 is 5.52. The van der Waals surface area contributed by atoms with E-state index in [1.807, 2.05) is 18.2 Å². The van der Waals surface area contributed by atoms with E-state index in [0.717, 1.165) is 24.3 Å². The fourth-order valence-corrected chi connectivity index (χ4v) is 3.83. The van der Waals surface area contributed by atoms with Crippen LogP contribution in [0.4, 0.5) is 5.69 Å². The van der Waals surface area contributed by atoms with Crippen molar-refractivity contribution in [2.45, 2.75) is 23.8 Å². The van der Waals surface area contributed by atoms with Gasteiger partial charge in [-0.05, 0) is 37.1 Å². The maximum absolute atomic E-state index is 12.5. The van der Waals surface area contributed by atoms with Crippen LogP contribution >= 0.6 is 23.4 Å². The first kappa shape index (κ1) is 19.7. The number of carbonyl (C=O) groups is 2. The lowest BCUT2D eigenvalue weighted by molar-refractivity contribution is -0.113. The highest BCUT2D eigenvalue weighted by Gasteiger charge is 2.18. The zero-order valence-corrected chi connectivity index (χ0v) is 16.3. The lowest BCUT2D eigenvalue weighted by atomic mass is 10.1. The molecule has 27 heavy (non-hydrogen) atoms. The second kappa shape index (κ2) is 9.78. The first-order chi connectivity index (χ1) is 13.1. The molecule has 0 aliphatic carbocycles. The number of ether oxygens (including phenoxy) is 1. The molecular weight excluding hydrogens is 384 g/mol. The number of rotatable bonds is 7. The van der Waals surface area contributed by atoms with Gasteiger partial charge in [0.2, 0.25) is 5.91 Å². The summed E-state index contributed by atoms with van der Waals surface area (Å²) in [6.07, 6.45) is 2.05. The molecule has 1 aliphatic rings. The molecule has 5 nitrogen and oxygen atoms in total. The van der Waals surface area contributed by atoms with Crippen molar-refractivity contribution in [3.05, 3.63) is 59.1 Å².